The molecule has 0 spiro atoms. The predicted octanol–water partition coefficient (Wildman–Crippen LogP) is 3.04. The van der Waals surface area contributed by atoms with Gasteiger partial charge in [0.25, 0.3) is 5.91 Å². The van der Waals surface area contributed by atoms with Gasteiger partial charge in [0.1, 0.15) is 0 Å². The number of benzene rings is 1. The van der Waals surface area contributed by atoms with Crippen molar-refractivity contribution in [2.75, 3.05) is 0 Å². The first-order valence-corrected chi connectivity index (χ1v) is 6.60. The molecule has 2 rings (SSSR count). The van der Waals surface area contributed by atoms with Crippen LogP contribution in [-0.4, -0.2) is 16.8 Å². The lowest BCUT2D eigenvalue weighted by molar-refractivity contribution is 0.0939. The van der Waals surface area contributed by atoms with Crippen LogP contribution in [-0.2, 0) is 0 Å². The average Bonchev–Trinajstić information content (AvgIpc) is 2.64. The monoisotopic (exact) mass is 281 g/mol. The number of hydrogen-bond acceptors (Lipinski definition) is 1. The van der Waals surface area contributed by atoms with E-state index in [-0.39, 0.29) is 11.9 Å². The molecule has 0 aromatic heterocycles. The van der Waals surface area contributed by atoms with E-state index in [0.29, 0.717) is 4.83 Å². The van der Waals surface area contributed by atoms with Gasteiger partial charge in [-0.25, -0.2) is 0 Å². The second kappa shape index (κ2) is 5.00. The maximum absolute atomic E-state index is 12.0. The Balaban J connectivity index is 2.03. The zero-order valence-electron chi connectivity index (χ0n) is 9.37. The van der Waals surface area contributed by atoms with Gasteiger partial charge in [-0.3, -0.25) is 4.79 Å². The van der Waals surface area contributed by atoms with Crippen molar-refractivity contribution in [1.82, 2.24) is 5.32 Å². The lowest BCUT2D eigenvalue weighted by Crippen LogP contribution is -2.37. The van der Waals surface area contributed by atoms with Crippen LogP contribution in [0, 0.1) is 6.92 Å². The largest absolute Gasteiger partial charge is 0.348 e. The summed E-state index contributed by atoms with van der Waals surface area (Å²) in [5.41, 5.74) is 1.88. The highest BCUT2D eigenvalue weighted by Gasteiger charge is 2.26. The number of hydrogen-bond donors (Lipinski definition) is 1. The summed E-state index contributed by atoms with van der Waals surface area (Å²) in [5.74, 6) is 0.0417. The first-order valence-electron chi connectivity index (χ1n) is 5.68. The smallest absolute Gasteiger partial charge is 0.251 e. The first kappa shape index (κ1) is 11.6. The fourth-order valence-electron chi connectivity index (χ4n) is 2.12. The number of rotatable bonds is 2. The van der Waals surface area contributed by atoms with Gasteiger partial charge in [0.05, 0.1) is 0 Å². The third kappa shape index (κ3) is 2.64. The van der Waals surface area contributed by atoms with Crippen LogP contribution in [0.4, 0.5) is 0 Å². The topological polar surface area (TPSA) is 29.1 Å². The normalized spacial score (nSPS) is 24.4. The molecule has 1 aliphatic rings. The fraction of sp³-hybridized carbons (Fsp3) is 0.462. The van der Waals surface area contributed by atoms with Gasteiger partial charge in [-0.2, -0.15) is 0 Å². The third-order valence-electron chi connectivity index (χ3n) is 3.03. The van der Waals surface area contributed by atoms with Gasteiger partial charge in [0, 0.05) is 16.4 Å². The second-order valence-electron chi connectivity index (χ2n) is 4.40. The van der Waals surface area contributed by atoms with Crippen LogP contribution < -0.4 is 5.32 Å². The number of aryl methyl sites for hydroxylation is 1. The van der Waals surface area contributed by atoms with Crippen LogP contribution in [0.1, 0.15) is 35.2 Å². The van der Waals surface area contributed by atoms with Crippen molar-refractivity contribution < 1.29 is 4.79 Å². The highest BCUT2D eigenvalue weighted by atomic mass is 79.9. The number of amides is 1. The Kier molecular flexibility index (Phi) is 3.64. The van der Waals surface area contributed by atoms with Crippen LogP contribution in [0.3, 0.4) is 0 Å². The molecule has 86 valence electrons. The molecular weight excluding hydrogens is 266 g/mol. The van der Waals surface area contributed by atoms with Gasteiger partial charge in [-0.1, -0.05) is 40.0 Å². The van der Waals surface area contributed by atoms with Crippen LogP contribution in [0.25, 0.3) is 0 Å². The zero-order valence-corrected chi connectivity index (χ0v) is 11.0. The van der Waals surface area contributed by atoms with E-state index in [1.54, 1.807) is 0 Å². The summed E-state index contributed by atoms with van der Waals surface area (Å²) in [6, 6.07) is 7.99. The Bertz CT molecular complexity index is 391. The molecule has 1 N–H and O–H groups in total. The van der Waals surface area contributed by atoms with Crippen molar-refractivity contribution >= 4 is 21.8 Å². The maximum Gasteiger partial charge on any atom is 0.251 e. The Morgan fingerprint density at radius 3 is 2.88 bits per heavy atom. The van der Waals surface area contributed by atoms with Crippen molar-refractivity contribution in [1.29, 1.82) is 0 Å². The summed E-state index contributed by atoms with van der Waals surface area (Å²) in [7, 11) is 0. The van der Waals surface area contributed by atoms with E-state index in [2.05, 4.69) is 21.2 Å². The lowest BCUT2D eigenvalue weighted by atomic mass is 10.1. The van der Waals surface area contributed by atoms with Crippen LogP contribution in [0.15, 0.2) is 24.3 Å². The van der Waals surface area contributed by atoms with E-state index < -0.39 is 0 Å². The summed E-state index contributed by atoms with van der Waals surface area (Å²) in [6.07, 6.45) is 3.42. The Labute approximate surface area is 105 Å². The highest BCUT2D eigenvalue weighted by molar-refractivity contribution is 9.09. The van der Waals surface area contributed by atoms with Gasteiger partial charge in [-0.05, 0) is 31.9 Å². The first-order chi connectivity index (χ1) is 7.66. The molecule has 0 radical (unpaired) electrons. The number of carbonyl (C=O) groups is 1. The molecule has 1 fully saturated rings. The SMILES string of the molecule is Cc1cccc(C(=O)NC2CCCC2Br)c1. The minimum Gasteiger partial charge on any atom is -0.348 e. The molecular formula is C13H16BrNO. The van der Waals surface area contributed by atoms with Crippen LogP contribution in [0.5, 0.6) is 0 Å². The molecule has 0 saturated heterocycles. The van der Waals surface area contributed by atoms with Crippen molar-refractivity contribution in [3.05, 3.63) is 35.4 Å². The summed E-state index contributed by atoms with van der Waals surface area (Å²) >= 11 is 3.61. The van der Waals surface area contributed by atoms with Gasteiger partial charge in [-0.15, -0.1) is 0 Å². The quantitative estimate of drug-likeness (QED) is 0.830. The van der Waals surface area contributed by atoms with Crippen LogP contribution in [0.2, 0.25) is 0 Å². The molecule has 2 atom stereocenters. The molecule has 0 bridgehead atoms. The second-order valence-corrected chi connectivity index (χ2v) is 5.57. The van der Waals surface area contributed by atoms with E-state index >= 15 is 0 Å². The summed E-state index contributed by atoms with van der Waals surface area (Å²) in [6.45, 7) is 2.00. The molecule has 0 heterocycles. The van der Waals surface area contributed by atoms with E-state index in [1.807, 2.05) is 31.2 Å². The number of halogens is 1. The average molecular weight is 282 g/mol. The van der Waals surface area contributed by atoms with Gasteiger partial charge in [0.2, 0.25) is 0 Å². The highest BCUT2D eigenvalue weighted by Crippen LogP contribution is 2.25. The number of nitrogens with one attached hydrogen (secondary N) is 1. The molecule has 1 aromatic rings. The minimum absolute atomic E-state index is 0.0417. The van der Waals surface area contributed by atoms with Crippen molar-refractivity contribution in [3.8, 4) is 0 Å². The molecule has 1 amide bonds. The summed E-state index contributed by atoms with van der Waals surface area (Å²) < 4.78 is 0. The van der Waals surface area contributed by atoms with Crippen molar-refractivity contribution in [2.24, 2.45) is 0 Å². The number of carbonyl (C=O) groups excluding carboxylic acids is 1. The maximum atomic E-state index is 12.0. The Morgan fingerprint density at radius 1 is 1.44 bits per heavy atom. The molecule has 2 unspecified atom stereocenters. The van der Waals surface area contributed by atoms with Crippen LogP contribution >= 0.6 is 15.9 Å². The van der Waals surface area contributed by atoms with E-state index in [1.165, 1.54) is 6.42 Å². The van der Waals surface area contributed by atoms with E-state index in [9.17, 15) is 4.79 Å². The Hall–Kier alpha value is -0.830. The standard InChI is InChI=1S/C13H16BrNO/c1-9-4-2-5-10(8-9)13(16)15-12-7-3-6-11(12)14/h2,4-5,8,11-12H,3,6-7H2,1H3,(H,15,16). The zero-order chi connectivity index (χ0) is 11.5. The van der Waals surface area contributed by atoms with Gasteiger partial charge < -0.3 is 5.32 Å². The molecule has 16 heavy (non-hydrogen) atoms. The fourth-order valence-corrected chi connectivity index (χ4v) is 2.84. The van der Waals surface area contributed by atoms with Gasteiger partial charge >= 0.3 is 0 Å². The molecule has 1 aliphatic carbocycles. The molecule has 1 saturated carbocycles. The van der Waals surface area contributed by atoms with Crippen molar-refractivity contribution in [2.45, 2.75) is 37.1 Å². The minimum atomic E-state index is 0.0417. The van der Waals surface area contributed by atoms with Gasteiger partial charge in [0.15, 0.2) is 0 Å². The molecule has 2 nitrogen and oxygen atoms in total. The summed E-state index contributed by atoms with van der Waals surface area (Å²) in [4.78, 5) is 12.4. The lowest BCUT2D eigenvalue weighted by Gasteiger charge is -2.16. The predicted molar refractivity (Wildman–Crippen MR) is 69.0 cm³/mol. The van der Waals surface area contributed by atoms with E-state index in [4.69, 9.17) is 0 Å². The Morgan fingerprint density at radius 2 is 2.25 bits per heavy atom. The number of alkyl halides is 1. The molecule has 0 aliphatic heterocycles. The third-order valence-corrected chi connectivity index (χ3v) is 4.12. The molecule has 3 heteroatoms. The summed E-state index contributed by atoms with van der Waals surface area (Å²) in [5, 5.41) is 3.09. The van der Waals surface area contributed by atoms with E-state index in [0.717, 1.165) is 24.0 Å². The molecule has 1 aromatic carbocycles. The van der Waals surface area contributed by atoms with Crippen molar-refractivity contribution in [3.63, 3.8) is 0 Å².